The minimum absolute atomic E-state index is 0.0965. The Morgan fingerprint density at radius 2 is 2.11 bits per heavy atom. The summed E-state index contributed by atoms with van der Waals surface area (Å²) in [4.78, 5) is 15.5. The van der Waals surface area contributed by atoms with Crippen LogP contribution >= 0.6 is 15.9 Å². The molecule has 1 aromatic heterocycles. The quantitative estimate of drug-likeness (QED) is 0.896. The number of aromatic nitrogens is 1. The Morgan fingerprint density at radius 1 is 1.33 bits per heavy atom. The molecule has 1 amide bonds. The van der Waals surface area contributed by atoms with E-state index in [4.69, 9.17) is 0 Å². The van der Waals surface area contributed by atoms with Gasteiger partial charge in [0.05, 0.1) is 17.4 Å². The highest BCUT2D eigenvalue weighted by molar-refractivity contribution is 9.10. The number of anilines is 1. The summed E-state index contributed by atoms with van der Waals surface area (Å²) in [6.45, 7) is 0. The van der Waals surface area contributed by atoms with E-state index in [1.807, 2.05) is 0 Å². The molecule has 0 spiro atoms. The fourth-order valence-electron chi connectivity index (χ4n) is 1.34. The smallest absolute Gasteiger partial charge is 0.257 e. The number of benzene rings is 1. The lowest BCUT2D eigenvalue weighted by Gasteiger charge is -2.07. The van der Waals surface area contributed by atoms with Crippen LogP contribution in [0.1, 0.15) is 10.4 Å². The molecular weight excluding hydrogens is 303 g/mol. The van der Waals surface area contributed by atoms with Crippen LogP contribution in [0.15, 0.2) is 41.1 Å². The molecule has 2 rings (SSSR count). The number of carbonyl (C=O) groups is 1. The predicted molar refractivity (Wildman–Crippen MR) is 68.0 cm³/mol. The number of hydrogen-bond donors (Lipinski definition) is 2. The van der Waals surface area contributed by atoms with Crippen LogP contribution in [-0.4, -0.2) is 16.0 Å². The van der Waals surface area contributed by atoms with E-state index in [2.05, 4.69) is 26.2 Å². The van der Waals surface area contributed by atoms with Gasteiger partial charge in [-0.05, 0) is 40.2 Å². The molecule has 0 fully saturated rings. The van der Waals surface area contributed by atoms with Gasteiger partial charge in [0.1, 0.15) is 11.6 Å². The molecule has 0 aliphatic rings. The van der Waals surface area contributed by atoms with Crippen LogP contribution in [0, 0.1) is 5.82 Å². The zero-order chi connectivity index (χ0) is 13.1. The zero-order valence-electron chi connectivity index (χ0n) is 9.02. The first-order valence-corrected chi connectivity index (χ1v) is 5.76. The average molecular weight is 311 g/mol. The minimum Gasteiger partial charge on any atom is -0.506 e. The van der Waals surface area contributed by atoms with Crippen LogP contribution in [0.4, 0.5) is 10.1 Å². The highest BCUT2D eigenvalue weighted by atomic mass is 79.9. The molecular formula is C12H8BrFN2O2. The summed E-state index contributed by atoms with van der Waals surface area (Å²) in [7, 11) is 0. The van der Waals surface area contributed by atoms with E-state index in [0.717, 1.165) is 0 Å². The second-order valence-corrected chi connectivity index (χ2v) is 4.36. The molecule has 2 aromatic rings. The van der Waals surface area contributed by atoms with Crippen molar-refractivity contribution in [3.63, 3.8) is 0 Å². The van der Waals surface area contributed by atoms with Crippen LogP contribution < -0.4 is 5.32 Å². The number of nitrogens with one attached hydrogen (secondary N) is 1. The Balaban J connectivity index is 2.21. The Hall–Kier alpha value is -1.95. The number of nitrogens with zero attached hydrogens (tertiary/aromatic N) is 1. The van der Waals surface area contributed by atoms with Gasteiger partial charge in [0.25, 0.3) is 5.91 Å². The summed E-state index contributed by atoms with van der Waals surface area (Å²) in [5, 5.41) is 11.8. The molecule has 2 N–H and O–H groups in total. The van der Waals surface area contributed by atoms with Gasteiger partial charge in [-0.1, -0.05) is 0 Å². The summed E-state index contributed by atoms with van der Waals surface area (Å²) in [5.41, 5.74) is 0.649. The monoisotopic (exact) mass is 310 g/mol. The van der Waals surface area contributed by atoms with Crippen molar-refractivity contribution >= 4 is 27.5 Å². The Kier molecular flexibility index (Phi) is 3.57. The topological polar surface area (TPSA) is 62.2 Å². The standard InChI is InChI=1S/C12H8BrFN2O2/c13-10-4-8(14)1-2-11(10)16-12(18)7-3-9(17)6-15-5-7/h1-6,17H,(H,16,18). The second kappa shape index (κ2) is 5.14. The van der Waals surface area contributed by atoms with Crippen molar-refractivity contribution in [2.45, 2.75) is 0 Å². The van der Waals surface area contributed by atoms with E-state index < -0.39 is 11.7 Å². The van der Waals surface area contributed by atoms with Gasteiger partial charge in [-0.25, -0.2) is 4.39 Å². The maximum atomic E-state index is 12.9. The molecule has 0 saturated heterocycles. The highest BCUT2D eigenvalue weighted by Gasteiger charge is 2.09. The highest BCUT2D eigenvalue weighted by Crippen LogP contribution is 2.23. The third-order valence-corrected chi connectivity index (χ3v) is 2.82. The predicted octanol–water partition coefficient (Wildman–Crippen LogP) is 2.94. The third kappa shape index (κ3) is 2.84. The molecule has 6 heteroatoms. The fraction of sp³-hybridized carbons (Fsp3) is 0. The lowest BCUT2D eigenvalue weighted by atomic mass is 10.2. The van der Waals surface area contributed by atoms with Gasteiger partial charge in [0.15, 0.2) is 0 Å². The summed E-state index contributed by atoms with van der Waals surface area (Å²) in [5.74, 6) is -0.939. The number of halogens is 2. The van der Waals surface area contributed by atoms with Crippen LogP contribution in [0.25, 0.3) is 0 Å². The number of amides is 1. The normalized spacial score (nSPS) is 10.1. The molecule has 0 saturated carbocycles. The van der Waals surface area contributed by atoms with Crippen molar-refractivity contribution in [3.8, 4) is 5.75 Å². The number of carbonyl (C=O) groups excluding carboxylic acids is 1. The van der Waals surface area contributed by atoms with Gasteiger partial charge in [-0.15, -0.1) is 0 Å². The largest absolute Gasteiger partial charge is 0.506 e. The van der Waals surface area contributed by atoms with E-state index >= 15 is 0 Å². The molecule has 4 nitrogen and oxygen atoms in total. The van der Waals surface area contributed by atoms with E-state index in [1.54, 1.807) is 0 Å². The molecule has 1 aromatic carbocycles. The van der Waals surface area contributed by atoms with Crippen LogP contribution in [0.2, 0.25) is 0 Å². The first-order valence-electron chi connectivity index (χ1n) is 4.96. The number of pyridine rings is 1. The summed E-state index contributed by atoms with van der Waals surface area (Å²) < 4.78 is 13.3. The van der Waals surface area contributed by atoms with Gasteiger partial charge in [-0.3, -0.25) is 9.78 Å². The first-order chi connectivity index (χ1) is 8.56. The molecule has 0 atom stereocenters. The van der Waals surface area contributed by atoms with Crippen LogP contribution in [0.3, 0.4) is 0 Å². The third-order valence-electron chi connectivity index (χ3n) is 2.17. The first kappa shape index (κ1) is 12.5. The van der Waals surface area contributed by atoms with Gasteiger partial charge in [0.2, 0.25) is 0 Å². The summed E-state index contributed by atoms with van der Waals surface area (Å²) >= 11 is 3.14. The molecule has 1 heterocycles. The minimum atomic E-state index is -0.439. The van der Waals surface area contributed by atoms with Crippen molar-refractivity contribution in [1.82, 2.24) is 4.98 Å². The summed E-state index contributed by atoms with van der Waals surface area (Å²) in [6.07, 6.45) is 2.55. The van der Waals surface area contributed by atoms with Gasteiger partial charge in [-0.2, -0.15) is 0 Å². The molecule has 0 aliphatic heterocycles. The fourth-order valence-corrected chi connectivity index (χ4v) is 1.79. The SMILES string of the molecule is O=C(Nc1ccc(F)cc1Br)c1cncc(O)c1. The molecule has 0 aliphatic carbocycles. The molecule has 0 unspecified atom stereocenters. The molecule has 92 valence electrons. The van der Waals surface area contributed by atoms with Gasteiger partial charge < -0.3 is 10.4 Å². The number of aromatic hydroxyl groups is 1. The van der Waals surface area contributed by atoms with E-state index in [0.29, 0.717) is 10.2 Å². The van der Waals surface area contributed by atoms with Crippen molar-refractivity contribution < 1.29 is 14.3 Å². The zero-order valence-corrected chi connectivity index (χ0v) is 10.6. The average Bonchev–Trinajstić information content (AvgIpc) is 2.32. The van der Waals surface area contributed by atoms with Crippen LogP contribution in [-0.2, 0) is 0 Å². The summed E-state index contributed by atoms with van der Waals surface area (Å²) in [6, 6.07) is 5.21. The van der Waals surface area contributed by atoms with Crippen molar-refractivity contribution in [2.24, 2.45) is 0 Å². The van der Waals surface area contributed by atoms with E-state index in [-0.39, 0.29) is 11.3 Å². The van der Waals surface area contributed by atoms with E-state index in [1.165, 1.54) is 36.7 Å². The lowest BCUT2D eigenvalue weighted by molar-refractivity contribution is 0.102. The van der Waals surface area contributed by atoms with Crippen molar-refractivity contribution in [3.05, 3.63) is 52.5 Å². The Bertz CT molecular complexity index is 604. The van der Waals surface area contributed by atoms with Crippen LogP contribution in [0.5, 0.6) is 5.75 Å². The van der Waals surface area contributed by atoms with Crippen molar-refractivity contribution in [1.29, 1.82) is 0 Å². The molecule has 0 radical (unpaired) electrons. The van der Waals surface area contributed by atoms with Crippen molar-refractivity contribution in [2.75, 3.05) is 5.32 Å². The van der Waals surface area contributed by atoms with Gasteiger partial charge in [0, 0.05) is 10.7 Å². The number of rotatable bonds is 2. The molecule has 18 heavy (non-hydrogen) atoms. The number of hydrogen-bond acceptors (Lipinski definition) is 3. The lowest BCUT2D eigenvalue weighted by Crippen LogP contribution is -2.12. The van der Waals surface area contributed by atoms with E-state index in [9.17, 15) is 14.3 Å². The second-order valence-electron chi connectivity index (χ2n) is 3.51. The Labute approximate surface area is 111 Å². The Morgan fingerprint density at radius 3 is 2.78 bits per heavy atom. The molecule has 0 bridgehead atoms. The maximum absolute atomic E-state index is 12.9. The van der Waals surface area contributed by atoms with Gasteiger partial charge >= 0.3 is 0 Å². The maximum Gasteiger partial charge on any atom is 0.257 e.